The summed E-state index contributed by atoms with van der Waals surface area (Å²) in [6.45, 7) is 6.63. The van der Waals surface area contributed by atoms with E-state index in [0.717, 1.165) is 0 Å². The zero-order valence-electron chi connectivity index (χ0n) is 11.4. The minimum Gasteiger partial charge on any atom is -0.480 e. The molecule has 1 rings (SSSR count). The van der Waals surface area contributed by atoms with Gasteiger partial charge in [-0.25, -0.2) is 9.59 Å². The Kier molecular flexibility index (Phi) is 4.21. The standard InChI is InChI=1S/C12H22N2O4/c1-12(2,3)7-13(4)11(18)14-6-8(15)5-9(14)10(16)17/h8-9,15H,5-7H2,1-4H3,(H,16,17)/t8-,9+/m1/s1. The van der Waals surface area contributed by atoms with Gasteiger partial charge in [0.2, 0.25) is 0 Å². The number of aliphatic hydroxyl groups excluding tert-OH is 1. The van der Waals surface area contributed by atoms with Crippen LogP contribution < -0.4 is 0 Å². The normalized spacial score (nSPS) is 24.2. The third kappa shape index (κ3) is 3.60. The van der Waals surface area contributed by atoms with Gasteiger partial charge in [0.1, 0.15) is 6.04 Å². The second-order valence-corrected chi connectivity index (χ2v) is 6.10. The minimum atomic E-state index is -1.07. The molecule has 1 heterocycles. The summed E-state index contributed by atoms with van der Waals surface area (Å²) in [6, 6.07) is -1.26. The van der Waals surface area contributed by atoms with Crippen LogP contribution in [0.15, 0.2) is 0 Å². The number of carboxylic acid groups (broad SMARTS) is 1. The molecule has 0 bridgehead atoms. The van der Waals surface area contributed by atoms with Crippen LogP contribution >= 0.6 is 0 Å². The predicted octanol–water partition coefficient (Wildman–Crippen LogP) is 0.604. The van der Waals surface area contributed by atoms with Gasteiger partial charge in [-0.15, -0.1) is 0 Å². The van der Waals surface area contributed by atoms with Crippen molar-refractivity contribution in [2.24, 2.45) is 5.41 Å². The fourth-order valence-electron chi connectivity index (χ4n) is 2.26. The average molecular weight is 258 g/mol. The number of carbonyl (C=O) groups is 2. The van der Waals surface area contributed by atoms with Crippen molar-refractivity contribution in [3.8, 4) is 0 Å². The summed E-state index contributed by atoms with van der Waals surface area (Å²) in [5.41, 5.74) is -0.0541. The molecule has 6 heteroatoms. The van der Waals surface area contributed by atoms with E-state index in [0.29, 0.717) is 6.54 Å². The van der Waals surface area contributed by atoms with E-state index in [1.807, 2.05) is 20.8 Å². The first-order chi connectivity index (χ1) is 8.11. The number of aliphatic hydroxyl groups is 1. The number of likely N-dealkylation sites (tertiary alicyclic amines) is 1. The molecule has 1 fully saturated rings. The van der Waals surface area contributed by atoms with Gasteiger partial charge in [0.05, 0.1) is 6.10 Å². The number of hydrogen-bond acceptors (Lipinski definition) is 3. The summed E-state index contributed by atoms with van der Waals surface area (Å²) >= 11 is 0. The Morgan fingerprint density at radius 2 is 1.94 bits per heavy atom. The zero-order valence-corrected chi connectivity index (χ0v) is 11.4. The fraction of sp³-hybridized carbons (Fsp3) is 0.833. The fourth-order valence-corrected chi connectivity index (χ4v) is 2.26. The lowest BCUT2D eigenvalue weighted by molar-refractivity contribution is -0.141. The van der Waals surface area contributed by atoms with Crippen molar-refractivity contribution >= 4 is 12.0 Å². The molecule has 0 radical (unpaired) electrons. The van der Waals surface area contributed by atoms with Crippen LogP contribution in [0.2, 0.25) is 0 Å². The van der Waals surface area contributed by atoms with Gasteiger partial charge in [-0.05, 0) is 5.41 Å². The van der Waals surface area contributed by atoms with Crippen LogP contribution in [-0.2, 0) is 4.79 Å². The molecule has 0 aromatic rings. The molecule has 0 aromatic carbocycles. The van der Waals surface area contributed by atoms with Crippen LogP contribution in [0, 0.1) is 5.41 Å². The van der Waals surface area contributed by atoms with Crippen LogP contribution in [0.4, 0.5) is 4.79 Å². The Labute approximate surface area is 107 Å². The highest BCUT2D eigenvalue weighted by Gasteiger charge is 2.40. The van der Waals surface area contributed by atoms with Crippen molar-refractivity contribution in [3.05, 3.63) is 0 Å². The lowest BCUT2D eigenvalue weighted by Crippen LogP contribution is -2.48. The Morgan fingerprint density at radius 1 is 1.39 bits per heavy atom. The summed E-state index contributed by atoms with van der Waals surface area (Å²) in [6.07, 6.45) is -0.650. The maximum atomic E-state index is 12.2. The molecule has 1 aliphatic rings. The van der Waals surface area contributed by atoms with Crippen molar-refractivity contribution in [3.63, 3.8) is 0 Å². The van der Waals surface area contributed by atoms with Gasteiger partial charge in [-0.2, -0.15) is 0 Å². The van der Waals surface area contributed by atoms with Crippen LogP contribution in [0.3, 0.4) is 0 Å². The Balaban J connectivity index is 2.73. The smallest absolute Gasteiger partial charge is 0.326 e. The van der Waals surface area contributed by atoms with Crippen LogP contribution in [0.5, 0.6) is 0 Å². The Morgan fingerprint density at radius 3 is 2.39 bits per heavy atom. The van der Waals surface area contributed by atoms with Gasteiger partial charge < -0.3 is 20.0 Å². The molecule has 1 aliphatic heterocycles. The first-order valence-corrected chi connectivity index (χ1v) is 6.04. The van der Waals surface area contributed by atoms with Crippen molar-refractivity contribution in [1.29, 1.82) is 0 Å². The molecule has 104 valence electrons. The lowest BCUT2D eigenvalue weighted by Gasteiger charge is -2.31. The molecular weight excluding hydrogens is 236 g/mol. The van der Waals surface area contributed by atoms with E-state index in [9.17, 15) is 14.7 Å². The van der Waals surface area contributed by atoms with Gasteiger partial charge in [0.25, 0.3) is 0 Å². The molecule has 0 aromatic heterocycles. The quantitative estimate of drug-likeness (QED) is 0.760. The topological polar surface area (TPSA) is 81.1 Å². The molecule has 0 spiro atoms. The van der Waals surface area contributed by atoms with Crippen molar-refractivity contribution in [2.45, 2.75) is 39.3 Å². The molecule has 0 unspecified atom stereocenters. The van der Waals surface area contributed by atoms with Crippen LogP contribution in [-0.4, -0.2) is 64.3 Å². The number of rotatable bonds is 2. The first-order valence-electron chi connectivity index (χ1n) is 6.04. The molecule has 6 nitrogen and oxygen atoms in total. The zero-order chi connectivity index (χ0) is 14.1. The summed E-state index contributed by atoms with van der Waals surface area (Å²) in [5.74, 6) is -1.07. The molecule has 2 amide bonds. The summed E-state index contributed by atoms with van der Waals surface area (Å²) in [5, 5.41) is 18.5. The summed E-state index contributed by atoms with van der Waals surface area (Å²) < 4.78 is 0. The number of carbonyl (C=O) groups excluding carboxylic acids is 1. The van der Waals surface area contributed by atoms with Crippen LogP contribution in [0.1, 0.15) is 27.2 Å². The molecule has 0 aliphatic carbocycles. The molecule has 2 atom stereocenters. The summed E-state index contributed by atoms with van der Waals surface area (Å²) in [7, 11) is 1.65. The van der Waals surface area contributed by atoms with E-state index in [1.54, 1.807) is 7.05 Å². The van der Waals surface area contributed by atoms with E-state index >= 15 is 0 Å². The van der Waals surface area contributed by atoms with Crippen molar-refractivity contribution < 1.29 is 19.8 Å². The average Bonchev–Trinajstić information content (AvgIpc) is 2.56. The lowest BCUT2D eigenvalue weighted by atomic mass is 9.96. The number of carboxylic acids is 1. The first kappa shape index (κ1) is 14.8. The van der Waals surface area contributed by atoms with Gasteiger partial charge in [-0.3, -0.25) is 0 Å². The number of nitrogens with zero attached hydrogens (tertiary/aromatic N) is 2. The van der Waals surface area contributed by atoms with Gasteiger partial charge >= 0.3 is 12.0 Å². The third-order valence-electron chi connectivity index (χ3n) is 2.85. The number of amides is 2. The molecule has 2 N–H and O–H groups in total. The largest absolute Gasteiger partial charge is 0.480 e. The highest BCUT2D eigenvalue weighted by atomic mass is 16.4. The molecular formula is C12H22N2O4. The van der Waals surface area contributed by atoms with Gasteiger partial charge in [-0.1, -0.05) is 20.8 Å². The molecule has 18 heavy (non-hydrogen) atoms. The van der Waals surface area contributed by atoms with Gasteiger partial charge in [0.15, 0.2) is 0 Å². The second-order valence-electron chi connectivity index (χ2n) is 6.10. The van der Waals surface area contributed by atoms with Gasteiger partial charge in [0, 0.05) is 26.6 Å². The number of β-amino-alcohol motifs (C(OH)–C–C–N with tert-alkyl or cyclic N) is 1. The number of hydrogen-bond donors (Lipinski definition) is 2. The Bertz CT molecular complexity index is 337. The van der Waals surface area contributed by atoms with E-state index in [1.165, 1.54) is 9.80 Å². The van der Waals surface area contributed by atoms with E-state index in [4.69, 9.17) is 5.11 Å². The number of aliphatic carboxylic acids is 1. The monoisotopic (exact) mass is 258 g/mol. The summed E-state index contributed by atoms with van der Waals surface area (Å²) in [4.78, 5) is 25.9. The predicted molar refractivity (Wildman–Crippen MR) is 66.2 cm³/mol. The Hall–Kier alpha value is -1.30. The third-order valence-corrected chi connectivity index (χ3v) is 2.85. The molecule has 0 saturated carbocycles. The number of urea groups is 1. The maximum absolute atomic E-state index is 12.2. The molecule has 1 saturated heterocycles. The second kappa shape index (κ2) is 5.14. The van der Waals surface area contributed by atoms with Crippen molar-refractivity contribution in [2.75, 3.05) is 20.1 Å². The SMILES string of the molecule is CN(CC(C)(C)C)C(=O)N1C[C@H](O)C[C@H]1C(=O)O. The van der Waals surface area contributed by atoms with E-state index in [2.05, 4.69) is 0 Å². The highest BCUT2D eigenvalue weighted by Crippen LogP contribution is 2.21. The van der Waals surface area contributed by atoms with Crippen LogP contribution in [0.25, 0.3) is 0 Å². The van der Waals surface area contributed by atoms with E-state index < -0.39 is 18.1 Å². The minimum absolute atomic E-state index is 0.0541. The van der Waals surface area contributed by atoms with E-state index in [-0.39, 0.29) is 24.4 Å². The van der Waals surface area contributed by atoms with Crippen molar-refractivity contribution in [1.82, 2.24) is 9.80 Å². The maximum Gasteiger partial charge on any atom is 0.326 e. The highest BCUT2D eigenvalue weighted by molar-refractivity contribution is 5.83.